The summed E-state index contributed by atoms with van der Waals surface area (Å²) >= 11 is 1.17. The molecular weight excluding hydrogens is 361 g/mol. The second-order valence-electron chi connectivity index (χ2n) is 6.99. The Morgan fingerprint density at radius 2 is 1.77 bits per heavy atom. The van der Waals surface area contributed by atoms with Gasteiger partial charge in [-0.15, -0.1) is 0 Å². The Balaban J connectivity index is 1.57. The second-order valence-corrected chi connectivity index (χ2v) is 7.87. The predicted octanol–water partition coefficient (Wildman–Crippen LogP) is 5.11. The van der Waals surface area contributed by atoms with Crippen molar-refractivity contribution in [3.05, 3.63) is 59.7 Å². The summed E-state index contributed by atoms with van der Waals surface area (Å²) in [6.07, 6.45) is -1.54. The van der Waals surface area contributed by atoms with Crippen molar-refractivity contribution in [1.82, 2.24) is 5.32 Å². The fourth-order valence-corrected chi connectivity index (χ4v) is 4.24. The van der Waals surface area contributed by atoms with E-state index in [0.717, 1.165) is 36.3 Å². The maximum Gasteiger partial charge on any atom is 0.416 e. The predicted molar refractivity (Wildman–Crippen MR) is 94.9 cm³/mol. The summed E-state index contributed by atoms with van der Waals surface area (Å²) in [6.45, 7) is 0. The Kier molecular flexibility index (Phi) is 4.14. The van der Waals surface area contributed by atoms with Crippen LogP contribution in [0.25, 0.3) is 0 Å². The average Bonchev–Trinajstić information content (AvgIpc) is 2.55. The summed E-state index contributed by atoms with van der Waals surface area (Å²) in [6, 6.07) is 12.4. The normalized spacial score (nSPS) is 23.6. The second kappa shape index (κ2) is 6.23. The third-order valence-corrected chi connectivity index (χ3v) is 5.86. The minimum absolute atomic E-state index is 0.131. The highest BCUT2D eigenvalue weighted by molar-refractivity contribution is 8.00. The molecule has 136 valence electrons. The highest BCUT2D eigenvalue weighted by Crippen LogP contribution is 2.57. The number of hydrogen-bond acceptors (Lipinski definition) is 3. The Hall–Kier alpha value is -2.15. The molecule has 2 N–H and O–H groups in total. The van der Waals surface area contributed by atoms with Gasteiger partial charge in [0.05, 0.1) is 16.8 Å². The lowest BCUT2D eigenvalue weighted by molar-refractivity contribution is -0.137. The monoisotopic (exact) mass is 378 g/mol. The van der Waals surface area contributed by atoms with Crippen LogP contribution in [-0.4, -0.2) is 11.4 Å². The van der Waals surface area contributed by atoms with E-state index in [9.17, 15) is 18.0 Å². The molecule has 0 spiro atoms. The maximum absolute atomic E-state index is 13.1. The zero-order valence-corrected chi connectivity index (χ0v) is 14.6. The van der Waals surface area contributed by atoms with E-state index in [-0.39, 0.29) is 22.7 Å². The van der Waals surface area contributed by atoms with Crippen molar-refractivity contribution in [2.75, 3.05) is 4.72 Å². The largest absolute Gasteiger partial charge is 0.416 e. The maximum atomic E-state index is 13.1. The number of rotatable bonds is 5. The van der Waals surface area contributed by atoms with E-state index in [4.69, 9.17) is 0 Å². The van der Waals surface area contributed by atoms with E-state index in [0.29, 0.717) is 5.92 Å². The number of carbonyl (C=O) groups excluding carboxylic acids is 1. The summed E-state index contributed by atoms with van der Waals surface area (Å²) < 4.78 is 42.1. The fourth-order valence-electron chi connectivity index (χ4n) is 3.55. The third-order valence-electron chi connectivity index (χ3n) is 5.03. The Bertz CT molecular complexity index is 821. The first-order valence-electron chi connectivity index (χ1n) is 8.36. The van der Waals surface area contributed by atoms with Gasteiger partial charge in [0, 0.05) is 10.4 Å². The Labute approximate surface area is 153 Å². The van der Waals surface area contributed by atoms with E-state index in [1.807, 2.05) is 30.3 Å². The molecule has 7 heteroatoms. The van der Waals surface area contributed by atoms with Crippen LogP contribution < -0.4 is 10.0 Å². The lowest BCUT2D eigenvalue weighted by Gasteiger charge is -2.61. The van der Waals surface area contributed by atoms with Crippen LogP contribution in [0.3, 0.4) is 0 Å². The van der Waals surface area contributed by atoms with Crippen LogP contribution in [0.4, 0.5) is 18.9 Å². The molecule has 3 fully saturated rings. The van der Waals surface area contributed by atoms with Gasteiger partial charge in [0.1, 0.15) is 0 Å². The van der Waals surface area contributed by atoms with Crippen LogP contribution in [0.15, 0.2) is 53.4 Å². The van der Waals surface area contributed by atoms with Gasteiger partial charge in [-0.05, 0) is 67.5 Å². The molecule has 0 radical (unpaired) electrons. The lowest BCUT2D eigenvalue weighted by atomic mass is 9.50. The van der Waals surface area contributed by atoms with Gasteiger partial charge in [-0.1, -0.05) is 18.2 Å². The van der Waals surface area contributed by atoms with E-state index < -0.39 is 11.7 Å². The minimum Gasteiger partial charge on any atom is -0.347 e. The molecule has 0 aliphatic heterocycles. The van der Waals surface area contributed by atoms with Crippen molar-refractivity contribution < 1.29 is 18.0 Å². The van der Waals surface area contributed by atoms with E-state index >= 15 is 0 Å². The van der Waals surface area contributed by atoms with Crippen molar-refractivity contribution in [1.29, 1.82) is 0 Å². The first-order chi connectivity index (χ1) is 12.3. The number of amides is 1. The highest BCUT2D eigenvalue weighted by atomic mass is 32.2. The Morgan fingerprint density at radius 3 is 2.35 bits per heavy atom. The number of halogens is 3. The number of nitrogens with one attached hydrogen (secondary N) is 2. The molecule has 5 rings (SSSR count). The van der Waals surface area contributed by atoms with Crippen molar-refractivity contribution in [3.8, 4) is 0 Å². The topological polar surface area (TPSA) is 41.1 Å². The smallest absolute Gasteiger partial charge is 0.347 e. The van der Waals surface area contributed by atoms with Gasteiger partial charge in [-0.3, -0.25) is 4.79 Å². The van der Waals surface area contributed by atoms with Crippen molar-refractivity contribution in [3.63, 3.8) is 0 Å². The number of alkyl halides is 3. The third kappa shape index (κ3) is 3.28. The van der Waals surface area contributed by atoms with Gasteiger partial charge in [0.2, 0.25) is 0 Å². The molecule has 0 unspecified atom stereocenters. The summed E-state index contributed by atoms with van der Waals surface area (Å²) in [5.74, 6) is 0.377. The SMILES string of the molecule is O=C(NC12CC(C1)C2)c1ccc(C(F)(F)F)cc1NSc1ccccc1. The first-order valence-corrected chi connectivity index (χ1v) is 9.18. The number of hydrogen-bond donors (Lipinski definition) is 2. The lowest BCUT2D eigenvalue weighted by Crippen LogP contribution is -2.68. The molecule has 3 aliphatic carbocycles. The zero-order valence-electron chi connectivity index (χ0n) is 13.8. The van der Waals surface area contributed by atoms with E-state index in [1.54, 1.807) is 0 Å². The molecule has 0 heterocycles. The molecular formula is C19H17F3N2OS. The summed E-state index contributed by atoms with van der Waals surface area (Å²) in [4.78, 5) is 13.5. The van der Waals surface area contributed by atoms with Crippen LogP contribution in [0.1, 0.15) is 35.2 Å². The summed E-state index contributed by atoms with van der Waals surface area (Å²) in [5, 5.41) is 3.00. The molecule has 3 nitrogen and oxygen atoms in total. The molecule has 3 aliphatic rings. The molecule has 3 saturated carbocycles. The Morgan fingerprint density at radius 1 is 1.08 bits per heavy atom. The van der Waals surface area contributed by atoms with Crippen LogP contribution in [0, 0.1) is 5.92 Å². The first kappa shape index (κ1) is 17.3. The van der Waals surface area contributed by atoms with Gasteiger partial charge in [0.15, 0.2) is 0 Å². The van der Waals surface area contributed by atoms with Crippen LogP contribution in [-0.2, 0) is 6.18 Å². The van der Waals surface area contributed by atoms with E-state index in [2.05, 4.69) is 10.0 Å². The van der Waals surface area contributed by atoms with Crippen molar-refractivity contribution in [2.24, 2.45) is 5.92 Å². The summed E-state index contributed by atoms with van der Waals surface area (Å²) in [7, 11) is 0. The summed E-state index contributed by atoms with van der Waals surface area (Å²) in [5.41, 5.74) is -0.520. The van der Waals surface area contributed by atoms with Gasteiger partial charge in [-0.2, -0.15) is 13.2 Å². The molecule has 0 atom stereocenters. The standard InChI is InChI=1S/C19H17F3N2OS/c20-19(21,22)13-6-7-15(17(25)23-18-9-12(10-18)11-18)16(8-13)24-26-14-4-2-1-3-5-14/h1-8,12,24H,9-11H2,(H,23,25). The molecule has 2 bridgehead atoms. The van der Waals surface area contributed by atoms with Crippen LogP contribution in [0.5, 0.6) is 0 Å². The van der Waals surface area contributed by atoms with Gasteiger partial charge in [0.25, 0.3) is 5.91 Å². The number of carbonyl (C=O) groups is 1. The van der Waals surface area contributed by atoms with Crippen LogP contribution >= 0.6 is 11.9 Å². The van der Waals surface area contributed by atoms with Crippen molar-refractivity contribution >= 4 is 23.5 Å². The van der Waals surface area contributed by atoms with Crippen molar-refractivity contribution in [2.45, 2.75) is 35.9 Å². The quantitative estimate of drug-likeness (QED) is 0.711. The van der Waals surface area contributed by atoms with E-state index in [1.165, 1.54) is 18.0 Å². The molecule has 26 heavy (non-hydrogen) atoms. The molecule has 2 aromatic rings. The average molecular weight is 378 g/mol. The van der Waals surface area contributed by atoms with Crippen LogP contribution in [0.2, 0.25) is 0 Å². The molecule has 2 aromatic carbocycles. The molecule has 0 aromatic heterocycles. The number of anilines is 1. The highest BCUT2D eigenvalue weighted by Gasteiger charge is 2.57. The fraction of sp³-hybridized carbons (Fsp3) is 0.316. The molecule has 0 saturated heterocycles. The molecule has 1 amide bonds. The van der Waals surface area contributed by atoms with Gasteiger partial charge >= 0.3 is 6.18 Å². The zero-order chi connectivity index (χ0) is 18.4. The van der Waals surface area contributed by atoms with Gasteiger partial charge in [-0.25, -0.2) is 0 Å². The van der Waals surface area contributed by atoms with Gasteiger partial charge < -0.3 is 10.0 Å². The minimum atomic E-state index is -4.46. The number of benzene rings is 2.